The molecular formula is C22H35N3O3S. The van der Waals surface area contributed by atoms with Crippen LogP contribution in [0.1, 0.15) is 53.0 Å². The molecule has 1 aromatic rings. The Labute approximate surface area is 175 Å². The van der Waals surface area contributed by atoms with E-state index in [9.17, 15) is 13.2 Å². The molecule has 0 saturated carbocycles. The summed E-state index contributed by atoms with van der Waals surface area (Å²) in [5.74, 6) is 0.170. The summed E-state index contributed by atoms with van der Waals surface area (Å²) in [6.45, 7) is 13.5. The first-order valence-electron chi connectivity index (χ1n) is 10.7. The Balaban J connectivity index is 1.69. The molecule has 162 valence electrons. The fourth-order valence-corrected chi connectivity index (χ4v) is 5.91. The molecule has 2 aliphatic heterocycles. The Kier molecular flexibility index (Phi) is 6.41. The lowest BCUT2D eigenvalue weighted by Crippen LogP contribution is -2.58. The van der Waals surface area contributed by atoms with E-state index in [2.05, 4.69) is 25.7 Å². The number of hydrogen-bond donors (Lipinski definition) is 0. The standard InChI is InChI=1S/C22H35N3O3S/c1-17-16-24(18(2)21(26)23-12-6-7-13-23)14-15-25(17)29(27,28)20-10-8-19(9-11-20)22(3,4)5/h8-11,17-18H,6-7,12-16H2,1-5H3/t17-,18?/m0/s1. The van der Waals surface area contributed by atoms with Gasteiger partial charge in [0.2, 0.25) is 15.9 Å². The van der Waals surface area contributed by atoms with Crippen LogP contribution in [0.15, 0.2) is 29.2 Å². The summed E-state index contributed by atoms with van der Waals surface area (Å²) in [6.07, 6.45) is 2.16. The maximum Gasteiger partial charge on any atom is 0.243 e. The van der Waals surface area contributed by atoms with Crippen LogP contribution in [0.3, 0.4) is 0 Å². The Morgan fingerprint density at radius 1 is 1.03 bits per heavy atom. The number of carbonyl (C=O) groups is 1. The topological polar surface area (TPSA) is 60.9 Å². The number of hydrogen-bond acceptors (Lipinski definition) is 4. The molecule has 0 spiro atoms. The van der Waals surface area contributed by atoms with Gasteiger partial charge in [0.05, 0.1) is 10.9 Å². The first kappa shape index (κ1) is 22.2. The van der Waals surface area contributed by atoms with E-state index in [1.807, 2.05) is 30.9 Å². The van der Waals surface area contributed by atoms with Crippen molar-refractivity contribution in [1.29, 1.82) is 0 Å². The van der Waals surface area contributed by atoms with Crippen molar-refractivity contribution in [1.82, 2.24) is 14.1 Å². The van der Waals surface area contributed by atoms with Crippen LogP contribution in [0.25, 0.3) is 0 Å². The van der Waals surface area contributed by atoms with Crippen molar-refractivity contribution in [2.24, 2.45) is 0 Å². The zero-order chi connectivity index (χ0) is 21.4. The molecule has 1 aromatic carbocycles. The van der Waals surface area contributed by atoms with Gasteiger partial charge < -0.3 is 4.90 Å². The van der Waals surface area contributed by atoms with Gasteiger partial charge in [0, 0.05) is 38.8 Å². The lowest BCUT2D eigenvalue weighted by Gasteiger charge is -2.41. The largest absolute Gasteiger partial charge is 0.341 e. The molecule has 6 nitrogen and oxygen atoms in total. The SMILES string of the molecule is CC(C(=O)N1CCCC1)N1CCN(S(=O)(=O)c2ccc(C(C)(C)C)cc2)[C@@H](C)C1. The zero-order valence-electron chi connectivity index (χ0n) is 18.4. The van der Waals surface area contributed by atoms with Gasteiger partial charge in [0.15, 0.2) is 0 Å². The average Bonchev–Trinajstić information content (AvgIpc) is 3.20. The number of carbonyl (C=O) groups excluding carboxylic acids is 1. The minimum Gasteiger partial charge on any atom is -0.341 e. The van der Waals surface area contributed by atoms with Gasteiger partial charge >= 0.3 is 0 Å². The molecular weight excluding hydrogens is 386 g/mol. The predicted molar refractivity (Wildman–Crippen MR) is 115 cm³/mol. The van der Waals surface area contributed by atoms with Crippen molar-refractivity contribution in [2.75, 3.05) is 32.7 Å². The highest BCUT2D eigenvalue weighted by Crippen LogP contribution is 2.27. The highest BCUT2D eigenvalue weighted by molar-refractivity contribution is 7.89. The van der Waals surface area contributed by atoms with Crippen molar-refractivity contribution in [2.45, 2.75) is 69.9 Å². The third-order valence-corrected chi connectivity index (χ3v) is 8.28. The molecule has 7 heteroatoms. The fourth-order valence-electron chi connectivity index (χ4n) is 4.30. The Morgan fingerprint density at radius 2 is 1.62 bits per heavy atom. The van der Waals surface area contributed by atoms with Crippen molar-refractivity contribution in [3.8, 4) is 0 Å². The second-order valence-electron chi connectivity index (χ2n) is 9.44. The van der Waals surface area contributed by atoms with Crippen molar-refractivity contribution in [3.05, 3.63) is 29.8 Å². The first-order valence-corrected chi connectivity index (χ1v) is 12.1. The molecule has 2 saturated heterocycles. The molecule has 29 heavy (non-hydrogen) atoms. The average molecular weight is 422 g/mol. The Bertz CT molecular complexity index is 824. The monoisotopic (exact) mass is 421 g/mol. The van der Waals surface area contributed by atoms with E-state index in [1.165, 1.54) is 0 Å². The summed E-state index contributed by atoms with van der Waals surface area (Å²) in [5, 5.41) is 0. The molecule has 0 N–H and O–H groups in total. The Morgan fingerprint density at radius 3 is 2.14 bits per heavy atom. The third-order valence-electron chi connectivity index (χ3n) is 6.25. The van der Waals surface area contributed by atoms with E-state index >= 15 is 0 Å². The van der Waals surface area contributed by atoms with Gasteiger partial charge in [-0.05, 0) is 49.8 Å². The van der Waals surface area contributed by atoms with E-state index in [0.717, 1.165) is 31.5 Å². The third kappa shape index (κ3) is 4.67. The number of amides is 1. The summed E-state index contributed by atoms with van der Waals surface area (Å²) in [6, 6.07) is 6.87. The number of sulfonamides is 1. The lowest BCUT2D eigenvalue weighted by molar-refractivity contribution is -0.136. The summed E-state index contributed by atoms with van der Waals surface area (Å²) in [7, 11) is -3.55. The molecule has 2 fully saturated rings. The van der Waals surface area contributed by atoms with Crippen LogP contribution in [0.5, 0.6) is 0 Å². The molecule has 0 aliphatic carbocycles. The number of nitrogens with zero attached hydrogens (tertiary/aromatic N) is 3. The number of rotatable bonds is 4. The van der Waals surface area contributed by atoms with Crippen molar-refractivity contribution < 1.29 is 13.2 Å². The summed E-state index contributed by atoms with van der Waals surface area (Å²) in [5.41, 5.74) is 1.10. The van der Waals surface area contributed by atoms with Gasteiger partial charge in [0.1, 0.15) is 0 Å². The summed E-state index contributed by atoms with van der Waals surface area (Å²) < 4.78 is 28.0. The van der Waals surface area contributed by atoms with Crippen LogP contribution in [0.2, 0.25) is 0 Å². The van der Waals surface area contributed by atoms with Gasteiger partial charge in [-0.3, -0.25) is 9.69 Å². The van der Waals surface area contributed by atoms with Crippen LogP contribution in [-0.2, 0) is 20.2 Å². The minimum absolute atomic E-state index is 0.0147. The number of benzene rings is 1. The smallest absolute Gasteiger partial charge is 0.243 e. The molecule has 0 radical (unpaired) electrons. The van der Waals surface area contributed by atoms with Crippen LogP contribution in [-0.4, -0.2) is 73.2 Å². The van der Waals surface area contributed by atoms with E-state index in [-0.39, 0.29) is 23.4 Å². The van der Waals surface area contributed by atoms with Gasteiger partial charge in [-0.1, -0.05) is 32.9 Å². The first-order chi connectivity index (χ1) is 13.5. The van der Waals surface area contributed by atoms with E-state index in [1.54, 1.807) is 16.4 Å². The Hall–Kier alpha value is -1.44. The number of piperazine rings is 1. The maximum atomic E-state index is 13.2. The highest BCUT2D eigenvalue weighted by Gasteiger charge is 2.37. The number of likely N-dealkylation sites (tertiary alicyclic amines) is 1. The van der Waals surface area contributed by atoms with E-state index < -0.39 is 10.0 Å². The summed E-state index contributed by atoms with van der Waals surface area (Å²) in [4.78, 5) is 17.1. The van der Waals surface area contributed by atoms with Gasteiger partial charge in [-0.25, -0.2) is 8.42 Å². The normalized spacial score (nSPS) is 23.3. The van der Waals surface area contributed by atoms with E-state index in [4.69, 9.17) is 0 Å². The molecule has 2 atom stereocenters. The quantitative estimate of drug-likeness (QED) is 0.750. The molecule has 2 heterocycles. The van der Waals surface area contributed by atoms with Crippen LogP contribution < -0.4 is 0 Å². The second-order valence-corrected chi connectivity index (χ2v) is 11.3. The van der Waals surface area contributed by atoms with Crippen LogP contribution in [0.4, 0.5) is 0 Å². The van der Waals surface area contributed by atoms with Gasteiger partial charge in [-0.2, -0.15) is 4.31 Å². The van der Waals surface area contributed by atoms with Crippen LogP contribution in [0, 0.1) is 0 Å². The van der Waals surface area contributed by atoms with Crippen molar-refractivity contribution in [3.63, 3.8) is 0 Å². The molecule has 1 unspecified atom stereocenters. The molecule has 0 aromatic heterocycles. The molecule has 3 rings (SSSR count). The summed E-state index contributed by atoms with van der Waals surface area (Å²) >= 11 is 0. The maximum absolute atomic E-state index is 13.2. The minimum atomic E-state index is -3.55. The molecule has 1 amide bonds. The zero-order valence-corrected chi connectivity index (χ0v) is 19.2. The lowest BCUT2D eigenvalue weighted by atomic mass is 9.87. The molecule has 0 bridgehead atoms. The van der Waals surface area contributed by atoms with Crippen LogP contribution >= 0.6 is 0 Å². The van der Waals surface area contributed by atoms with Gasteiger partial charge in [-0.15, -0.1) is 0 Å². The fraction of sp³-hybridized carbons (Fsp3) is 0.682. The second kappa shape index (κ2) is 8.36. The van der Waals surface area contributed by atoms with Crippen molar-refractivity contribution >= 4 is 15.9 Å². The molecule has 2 aliphatic rings. The van der Waals surface area contributed by atoms with E-state index in [0.29, 0.717) is 24.5 Å². The van der Waals surface area contributed by atoms with Gasteiger partial charge in [0.25, 0.3) is 0 Å². The predicted octanol–water partition coefficient (Wildman–Crippen LogP) is 2.69. The highest BCUT2D eigenvalue weighted by atomic mass is 32.2.